The molecule has 0 fully saturated rings. The highest BCUT2D eigenvalue weighted by molar-refractivity contribution is 9.10. The lowest BCUT2D eigenvalue weighted by atomic mass is 10.2. The maximum atomic E-state index is 12.1. The number of amides is 1. The number of hydrogen-bond acceptors (Lipinski definition) is 5. The molecule has 1 N–H and O–H groups in total. The molecule has 0 aliphatic carbocycles. The van der Waals surface area contributed by atoms with Crippen LogP contribution in [-0.2, 0) is 4.79 Å². The van der Waals surface area contributed by atoms with E-state index in [1.54, 1.807) is 18.2 Å². The maximum Gasteiger partial charge on any atom is 0.277 e. The zero-order valence-corrected chi connectivity index (χ0v) is 17.3. The van der Waals surface area contributed by atoms with E-state index in [9.17, 15) is 4.79 Å². The number of carbonyl (C=O) groups is 1. The van der Waals surface area contributed by atoms with Crippen molar-refractivity contribution in [2.24, 2.45) is 0 Å². The van der Waals surface area contributed by atoms with Crippen LogP contribution >= 0.6 is 50.9 Å². The monoisotopic (exact) mass is 471 g/mol. The highest BCUT2D eigenvalue weighted by Crippen LogP contribution is 2.31. The molecule has 1 heterocycles. The van der Waals surface area contributed by atoms with E-state index in [1.165, 1.54) is 0 Å². The highest BCUT2D eigenvalue weighted by atomic mass is 79.9. The zero-order valence-electron chi connectivity index (χ0n) is 13.4. The number of nitrogens with zero attached hydrogens (tertiary/aromatic N) is 2. The average molecular weight is 473 g/mol. The topological polar surface area (TPSA) is 68.0 Å². The van der Waals surface area contributed by atoms with E-state index < -0.39 is 0 Å². The Bertz CT molecular complexity index is 965. The van der Waals surface area contributed by atoms with E-state index in [-0.39, 0.29) is 22.8 Å². The normalized spacial score (nSPS) is 10.8. The molecule has 0 unspecified atom stereocenters. The third-order valence-corrected chi connectivity index (χ3v) is 5.22. The van der Waals surface area contributed by atoms with Crippen molar-refractivity contribution in [2.45, 2.75) is 12.1 Å². The Balaban J connectivity index is 1.61. The Morgan fingerprint density at radius 3 is 2.77 bits per heavy atom. The van der Waals surface area contributed by atoms with Crippen molar-refractivity contribution < 1.29 is 9.21 Å². The first-order valence-electron chi connectivity index (χ1n) is 7.40. The third kappa shape index (κ3) is 4.79. The van der Waals surface area contributed by atoms with Gasteiger partial charge in [0.25, 0.3) is 5.22 Å². The fourth-order valence-corrected chi connectivity index (χ4v) is 3.65. The van der Waals surface area contributed by atoms with E-state index >= 15 is 0 Å². The summed E-state index contributed by atoms with van der Waals surface area (Å²) >= 11 is 16.6. The first kappa shape index (κ1) is 19.2. The molecule has 0 atom stereocenters. The number of aryl methyl sites for hydroxylation is 1. The van der Waals surface area contributed by atoms with Crippen molar-refractivity contribution in [1.29, 1.82) is 0 Å². The molecule has 0 radical (unpaired) electrons. The zero-order chi connectivity index (χ0) is 18.7. The van der Waals surface area contributed by atoms with Crippen LogP contribution in [0.25, 0.3) is 11.5 Å². The Morgan fingerprint density at radius 1 is 1.23 bits per heavy atom. The molecule has 26 heavy (non-hydrogen) atoms. The molecule has 9 heteroatoms. The lowest BCUT2D eigenvalue weighted by Crippen LogP contribution is -2.14. The van der Waals surface area contributed by atoms with Gasteiger partial charge in [0.1, 0.15) is 0 Å². The summed E-state index contributed by atoms with van der Waals surface area (Å²) in [5.74, 6) is 0.258. The minimum atomic E-state index is -0.162. The number of nitrogens with one attached hydrogen (secondary N) is 1. The Hall–Kier alpha value is -1.54. The van der Waals surface area contributed by atoms with Crippen LogP contribution in [0.4, 0.5) is 5.69 Å². The molecule has 2 aromatic carbocycles. The van der Waals surface area contributed by atoms with Gasteiger partial charge in [-0.2, -0.15) is 0 Å². The third-order valence-electron chi connectivity index (χ3n) is 3.36. The van der Waals surface area contributed by atoms with E-state index in [0.29, 0.717) is 15.6 Å². The minimum absolute atomic E-state index is 0.144. The number of anilines is 1. The highest BCUT2D eigenvalue weighted by Gasteiger charge is 2.14. The van der Waals surface area contributed by atoms with Crippen LogP contribution in [0, 0.1) is 6.92 Å². The molecule has 3 aromatic rings. The predicted molar refractivity (Wildman–Crippen MR) is 108 cm³/mol. The number of benzene rings is 2. The van der Waals surface area contributed by atoms with Gasteiger partial charge in [-0.3, -0.25) is 4.79 Å². The molecule has 0 aliphatic heterocycles. The second-order valence-electron chi connectivity index (χ2n) is 5.29. The number of thioether (sulfide) groups is 1. The predicted octanol–water partition coefficient (Wildman–Crippen LogP) is 5.85. The summed E-state index contributed by atoms with van der Waals surface area (Å²) in [6, 6.07) is 10.6. The molecule has 0 spiro atoms. The molecule has 3 rings (SSSR count). The Morgan fingerprint density at radius 2 is 2.04 bits per heavy atom. The van der Waals surface area contributed by atoms with Crippen molar-refractivity contribution >= 4 is 62.5 Å². The van der Waals surface area contributed by atoms with Gasteiger partial charge in [0.2, 0.25) is 11.8 Å². The molecule has 1 aromatic heterocycles. The first-order chi connectivity index (χ1) is 12.4. The Labute approximate surface area is 172 Å². The van der Waals surface area contributed by atoms with Crippen LogP contribution in [0.15, 0.2) is 50.5 Å². The number of rotatable bonds is 5. The van der Waals surface area contributed by atoms with Crippen molar-refractivity contribution in [3.8, 4) is 11.5 Å². The molecule has 0 saturated heterocycles. The SMILES string of the molecule is Cc1cc(Br)ccc1NC(=O)CSc1nnc(-c2ccc(Cl)cc2Cl)o1. The van der Waals surface area contributed by atoms with Crippen molar-refractivity contribution in [3.63, 3.8) is 0 Å². The van der Waals surface area contributed by atoms with Gasteiger partial charge in [-0.1, -0.05) is 50.9 Å². The largest absolute Gasteiger partial charge is 0.411 e. The summed E-state index contributed by atoms with van der Waals surface area (Å²) in [7, 11) is 0. The van der Waals surface area contributed by atoms with Gasteiger partial charge in [0, 0.05) is 15.2 Å². The van der Waals surface area contributed by atoms with Gasteiger partial charge in [0.05, 0.1) is 16.3 Å². The van der Waals surface area contributed by atoms with E-state index in [0.717, 1.165) is 27.5 Å². The van der Waals surface area contributed by atoms with Gasteiger partial charge in [0.15, 0.2) is 0 Å². The quantitative estimate of drug-likeness (QED) is 0.472. The summed E-state index contributed by atoms with van der Waals surface area (Å²) in [4.78, 5) is 12.1. The molecule has 1 amide bonds. The molecule has 0 aliphatic rings. The van der Waals surface area contributed by atoms with Crippen molar-refractivity contribution in [1.82, 2.24) is 10.2 Å². The van der Waals surface area contributed by atoms with E-state index in [1.807, 2.05) is 25.1 Å². The fraction of sp³-hybridized carbons (Fsp3) is 0.118. The fourth-order valence-electron chi connectivity index (χ4n) is 2.12. The molecule has 5 nitrogen and oxygen atoms in total. The summed E-state index contributed by atoms with van der Waals surface area (Å²) < 4.78 is 6.52. The van der Waals surface area contributed by atoms with Crippen LogP contribution in [-0.4, -0.2) is 21.9 Å². The number of hydrogen-bond donors (Lipinski definition) is 1. The van der Waals surface area contributed by atoms with E-state index in [2.05, 4.69) is 31.4 Å². The lowest BCUT2D eigenvalue weighted by Gasteiger charge is -2.07. The molecule has 0 bridgehead atoms. The van der Waals surface area contributed by atoms with Crippen LogP contribution in [0.1, 0.15) is 5.56 Å². The van der Waals surface area contributed by atoms with Crippen LogP contribution in [0.2, 0.25) is 10.0 Å². The lowest BCUT2D eigenvalue weighted by molar-refractivity contribution is -0.113. The second-order valence-corrected chi connectivity index (χ2v) is 7.98. The van der Waals surface area contributed by atoms with Gasteiger partial charge in [-0.05, 0) is 48.9 Å². The summed E-state index contributed by atoms with van der Waals surface area (Å²) in [6.45, 7) is 1.92. The number of carbonyl (C=O) groups excluding carboxylic acids is 1. The van der Waals surface area contributed by atoms with Crippen molar-refractivity contribution in [2.75, 3.05) is 11.1 Å². The Kier molecular flexibility index (Phi) is 6.24. The summed E-state index contributed by atoms with van der Waals surface area (Å²) in [5, 5.41) is 12.0. The van der Waals surface area contributed by atoms with E-state index in [4.69, 9.17) is 27.6 Å². The average Bonchev–Trinajstić information content (AvgIpc) is 3.04. The van der Waals surface area contributed by atoms with Crippen LogP contribution < -0.4 is 5.32 Å². The van der Waals surface area contributed by atoms with Gasteiger partial charge in [-0.15, -0.1) is 10.2 Å². The van der Waals surface area contributed by atoms with Gasteiger partial charge >= 0.3 is 0 Å². The van der Waals surface area contributed by atoms with Crippen LogP contribution in [0.5, 0.6) is 0 Å². The smallest absolute Gasteiger partial charge is 0.277 e. The van der Waals surface area contributed by atoms with Crippen LogP contribution in [0.3, 0.4) is 0 Å². The second kappa shape index (κ2) is 8.43. The number of halogens is 3. The first-order valence-corrected chi connectivity index (χ1v) is 9.93. The summed E-state index contributed by atoms with van der Waals surface area (Å²) in [6.07, 6.45) is 0. The maximum absolute atomic E-state index is 12.1. The van der Waals surface area contributed by atoms with Gasteiger partial charge < -0.3 is 9.73 Å². The van der Waals surface area contributed by atoms with Gasteiger partial charge in [-0.25, -0.2) is 0 Å². The molecular weight excluding hydrogens is 461 g/mol. The minimum Gasteiger partial charge on any atom is -0.411 e. The molecule has 134 valence electrons. The molecule has 0 saturated carbocycles. The standard InChI is InChI=1S/C17H12BrCl2N3O2S/c1-9-6-10(18)2-5-14(9)21-15(24)8-26-17-23-22-16(25-17)12-4-3-11(19)7-13(12)20/h2-7H,8H2,1H3,(H,21,24). The number of aromatic nitrogens is 2. The summed E-state index contributed by atoms with van der Waals surface area (Å²) in [5.41, 5.74) is 2.32. The molecular formula is C17H12BrCl2N3O2S. The van der Waals surface area contributed by atoms with Crippen molar-refractivity contribution in [3.05, 3.63) is 56.5 Å².